The molecule has 5 heteroatoms. The number of halogens is 1. The molecule has 1 heterocycles. The van der Waals surface area contributed by atoms with Crippen LogP contribution in [0.2, 0.25) is 0 Å². The van der Waals surface area contributed by atoms with E-state index >= 15 is 0 Å². The molecule has 1 rings (SSSR count). The van der Waals surface area contributed by atoms with E-state index in [0.29, 0.717) is 0 Å². The van der Waals surface area contributed by atoms with Crippen molar-refractivity contribution in [2.24, 2.45) is 0 Å². The van der Waals surface area contributed by atoms with Crippen molar-refractivity contribution < 1.29 is 9.53 Å². The molecule has 0 spiro atoms. The number of carbonyl (C=O) groups is 1. The molecule has 1 aliphatic heterocycles. The summed E-state index contributed by atoms with van der Waals surface area (Å²) in [6.07, 6.45) is 1.86. The molecule has 1 atom stereocenters. The largest absolute Gasteiger partial charge is 0.444 e. The van der Waals surface area contributed by atoms with Crippen molar-refractivity contribution in [2.45, 2.75) is 45.3 Å². The fourth-order valence-electron chi connectivity index (χ4n) is 1.52. The van der Waals surface area contributed by atoms with E-state index in [1.165, 1.54) is 0 Å². The first-order chi connectivity index (χ1) is 6.87. The van der Waals surface area contributed by atoms with Crippen LogP contribution >= 0.6 is 22.9 Å². The van der Waals surface area contributed by atoms with Crippen molar-refractivity contribution in [1.82, 2.24) is 8.43 Å². The molecular weight excluding hydrogens is 307 g/mol. The number of nitrogens with zero attached hydrogens (tertiary/aromatic N) is 1. The van der Waals surface area contributed by atoms with Gasteiger partial charge in [-0.3, -0.25) is 0 Å². The van der Waals surface area contributed by atoms with Crippen molar-refractivity contribution in [3.05, 3.63) is 0 Å². The first-order valence-corrected chi connectivity index (χ1v) is 6.23. The number of hydrogen-bond donors (Lipinski definition) is 1. The Bertz CT molecular complexity index is 228. The molecule has 0 bridgehead atoms. The topological polar surface area (TPSA) is 41.6 Å². The lowest BCUT2D eigenvalue weighted by atomic mass is 10.1. The van der Waals surface area contributed by atoms with Crippen LogP contribution in [0.4, 0.5) is 4.79 Å². The van der Waals surface area contributed by atoms with E-state index in [4.69, 9.17) is 4.74 Å². The van der Waals surface area contributed by atoms with Crippen LogP contribution in [0, 0.1) is 0 Å². The molecule has 0 aromatic heterocycles. The molecule has 0 radical (unpaired) electrons. The van der Waals surface area contributed by atoms with Crippen LogP contribution in [0.25, 0.3) is 0 Å². The Morgan fingerprint density at radius 2 is 2.20 bits per heavy atom. The Labute approximate surface area is 105 Å². The lowest BCUT2D eigenvalue weighted by molar-refractivity contribution is 0.0490. The summed E-state index contributed by atoms with van der Waals surface area (Å²) >= 11 is 2.29. The minimum absolute atomic E-state index is 0.227. The Morgan fingerprint density at radius 1 is 1.53 bits per heavy atom. The minimum atomic E-state index is -0.414. The minimum Gasteiger partial charge on any atom is -0.444 e. The molecule has 0 aromatic rings. The number of nitrogens with one attached hydrogen (secondary N) is 1. The summed E-state index contributed by atoms with van der Waals surface area (Å²) in [4.78, 5) is 11.5. The Balaban J connectivity index is 2.31. The highest BCUT2D eigenvalue weighted by Gasteiger charge is 2.22. The molecule has 1 N–H and O–H groups in total. The van der Waals surface area contributed by atoms with Crippen molar-refractivity contribution >= 4 is 29.0 Å². The van der Waals surface area contributed by atoms with Gasteiger partial charge in [-0.15, -0.1) is 0 Å². The second kappa shape index (κ2) is 5.34. The van der Waals surface area contributed by atoms with Gasteiger partial charge in [-0.1, -0.05) is 0 Å². The van der Waals surface area contributed by atoms with Gasteiger partial charge in [0, 0.05) is 42.0 Å². The van der Waals surface area contributed by atoms with Gasteiger partial charge in [0.25, 0.3) is 0 Å². The highest BCUT2D eigenvalue weighted by atomic mass is 127. The van der Waals surface area contributed by atoms with Crippen LogP contribution in [-0.4, -0.2) is 33.9 Å². The lowest BCUT2D eigenvalue weighted by Gasteiger charge is -2.29. The number of rotatable bonds is 1. The van der Waals surface area contributed by atoms with Gasteiger partial charge < -0.3 is 10.1 Å². The quantitative estimate of drug-likeness (QED) is 0.594. The summed E-state index contributed by atoms with van der Waals surface area (Å²) in [6, 6.07) is 0.227. The van der Waals surface area contributed by atoms with Crippen LogP contribution in [-0.2, 0) is 4.74 Å². The normalized spacial score (nSPS) is 23.6. The zero-order valence-corrected chi connectivity index (χ0v) is 11.7. The number of alkyl carbamates (subject to hydrolysis) is 1. The van der Waals surface area contributed by atoms with E-state index in [1.54, 1.807) is 0 Å². The summed E-state index contributed by atoms with van der Waals surface area (Å²) in [5, 5.41) is 2.90. The first-order valence-electron chi connectivity index (χ1n) is 5.27. The fourth-order valence-corrected chi connectivity index (χ4v) is 2.34. The Morgan fingerprint density at radius 3 is 2.73 bits per heavy atom. The van der Waals surface area contributed by atoms with E-state index in [9.17, 15) is 4.79 Å². The molecule has 1 aliphatic rings. The molecule has 88 valence electrons. The van der Waals surface area contributed by atoms with Gasteiger partial charge in [0.1, 0.15) is 5.60 Å². The maximum Gasteiger partial charge on any atom is 0.407 e. The number of ether oxygens (including phenoxy) is 1. The summed E-state index contributed by atoms with van der Waals surface area (Å²) < 4.78 is 7.40. The van der Waals surface area contributed by atoms with Crippen LogP contribution in [0.3, 0.4) is 0 Å². The highest BCUT2D eigenvalue weighted by molar-refractivity contribution is 14.1. The molecule has 4 nitrogen and oxygen atoms in total. The predicted octanol–water partition coefficient (Wildman–Crippen LogP) is 2.33. The zero-order valence-electron chi connectivity index (χ0n) is 9.55. The van der Waals surface area contributed by atoms with Gasteiger partial charge in [0.05, 0.1) is 0 Å². The van der Waals surface area contributed by atoms with E-state index in [1.807, 2.05) is 20.8 Å². The standard InChI is InChI=1S/C10H19IN2O2/c1-10(2,3)15-9(14)12-8-5-4-6-13(11)7-8/h8H,4-7H2,1-3H3,(H,12,14)/t8-/m1/s1. The van der Waals surface area contributed by atoms with Crippen molar-refractivity contribution in [3.8, 4) is 0 Å². The van der Waals surface area contributed by atoms with Crippen LogP contribution < -0.4 is 5.32 Å². The molecule has 15 heavy (non-hydrogen) atoms. The van der Waals surface area contributed by atoms with E-state index in [2.05, 4.69) is 31.3 Å². The SMILES string of the molecule is CC(C)(C)OC(=O)N[C@@H]1CCCN(I)C1. The molecule has 1 fully saturated rings. The fraction of sp³-hybridized carbons (Fsp3) is 0.900. The van der Waals surface area contributed by atoms with E-state index in [0.717, 1.165) is 25.9 Å². The molecular formula is C10H19IN2O2. The predicted molar refractivity (Wildman–Crippen MR) is 68.0 cm³/mol. The van der Waals surface area contributed by atoms with Gasteiger partial charge in [-0.25, -0.2) is 7.91 Å². The second-order valence-electron chi connectivity index (χ2n) is 4.85. The van der Waals surface area contributed by atoms with Crippen molar-refractivity contribution in [1.29, 1.82) is 0 Å². The molecule has 0 saturated carbocycles. The smallest absolute Gasteiger partial charge is 0.407 e. The maximum absolute atomic E-state index is 11.5. The highest BCUT2D eigenvalue weighted by Crippen LogP contribution is 2.14. The van der Waals surface area contributed by atoms with Crippen molar-refractivity contribution in [3.63, 3.8) is 0 Å². The van der Waals surface area contributed by atoms with Crippen LogP contribution in [0.15, 0.2) is 0 Å². The van der Waals surface area contributed by atoms with E-state index in [-0.39, 0.29) is 12.1 Å². The zero-order chi connectivity index (χ0) is 11.5. The van der Waals surface area contributed by atoms with Gasteiger partial charge >= 0.3 is 6.09 Å². The number of amides is 1. The third-order valence-electron chi connectivity index (χ3n) is 2.09. The third-order valence-corrected chi connectivity index (χ3v) is 2.97. The molecule has 0 aliphatic carbocycles. The molecule has 1 amide bonds. The van der Waals surface area contributed by atoms with Gasteiger partial charge in [-0.05, 0) is 33.6 Å². The third kappa shape index (κ3) is 5.55. The average molecular weight is 326 g/mol. The Kier molecular flexibility index (Phi) is 4.64. The summed E-state index contributed by atoms with van der Waals surface area (Å²) in [5.41, 5.74) is -0.414. The lowest BCUT2D eigenvalue weighted by Crippen LogP contribution is -2.46. The number of hydrogen-bond acceptors (Lipinski definition) is 3. The van der Waals surface area contributed by atoms with Crippen LogP contribution in [0.5, 0.6) is 0 Å². The number of piperidine rings is 1. The number of carbonyl (C=O) groups excluding carboxylic acids is 1. The molecule has 0 aromatic carbocycles. The van der Waals surface area contributed by atoms with E-state index < -0.39 is 5.60 Å². The van der Waals surface area contributed by atoms with Crippen LogP contribution in [0.1, 0.15) is 33.6 Å². The molecule has 0 unspecified atom stereocenters. The summed E-state index contributed by atoms with van der Waals surface area (Å²) in [6.45, 7) is 7.63. The van der Waals surface area contributed by atoms with Gasteiger partial charge in [0.15, 0.2) is 0 Å². The summed E-state index contributed by atoms with van der Waals surface area (Å²) in [5.74, 6) is 0. The van der Waals surface area contributed by atoms with Crippen molar-refractivity contribution in [2.75, 3.05) is 13.1 Å². The first kappa shape index (κ1) is 13.0. The second-order valence-corrected chi connectivity index (χ2v) is 6.22. The maximum atomic E-state index is 11.5. The van der Waals surface area contributed by atoms with Gasteiger partial charge in [0.2, 0.25) is 0 Å². The molecule has 1 saturated heterocycles. The Hall–Kier alpha value is -0.0400. The van der Waals surface area contributed by atoms with Gasteiger partial charge in [-0.2, -0.15) is 0 Å². The summed E-state index contributed by atoms with van der Waals surface area (Å²) in [7, 11) is 0. The average Bonchev–Trinajstić information content (AvgIpc) is 1.99. The monoisotopic (exact) mass is 326 g/mol.